The van der Waals surface area contributed by atoms with Gasteiger partial charge in [-0.05, 0) is 60.9 Å². The Bertz CT molecular complexity index is 2310. The van der Waals surface area contributed by atoms with Crippen LogP contribution in [0.25, 0.3) is 39.2 Å². The molecule has 14 heteroatoms. The topological polar surface area (TPSA) is 167 Å². The van der Waals surface area contributed by atoms with Crippen LogP contribution in [0.3, 0.4) is 0 Å². The Hall–Kier alpha value is -6.31. The maximum Gasteiger partial charge on any atom is 0.407 e. The number of carbonyl (C=O) groups excluding carboxylic acids is 3. The molecule has 3 N–H and O–H groups in total. The smallest absolute Gasteiger partial charge is 0.407 e. The number of alkyl carbamates (subject to hydrolysis) is 1. The van der Waals surface area contributed by atoms with Gasteiger partial charge in [-0.1, -0.05) is 73.7 Å². The zero-order chi connectivity index (χ0) is 38.1. The summed E-state index contributed by atoms with van der Waals surface area (Å²) in [5, 5.41) is 11.6. The number of likely N-dealkylation sites (tertiary alicyclic amines) is 2. The summed E-state index contributed by atoms with van der Waals surface area (Å²) in [6.07, 6.45) is 6.92. The van der Waals surface area contributed by atoms with Gasteiger partial charge in [-0.3, -0.25) is 9.59 Å². The first-order valence-corrected chi connectivity index (χ1v) is 18.8. The van der Waals surface area contributed by atoms with Gasteiger partial charge in [0, 0.05) is 18.7 Å². The van der Waals surface area contributed by atoms with Crippen LogP contribution in [0.2, 0.25) is 0 Å². The monoisotopic (exact) mass is 740 g/mol. The Balaban J connectivity index is 0.942. The summed E-state index contributed by atoms with van der Waals surface area (Å²) in [5.74, 6) is 1.38. The van der Waals surface area contributed by atoms with Crippen molar-refractivity contribution < 1.29 is 19.1 Å². The molecular formula is C41H44N10O4. The summed E-state index contributed by atoms with van der Waals surface area (Å²) in [5.41, 5.74) is 6.95. The molecule has 0 radical (unpaired) electrons. The molecule has 3 atom stereocenters. The van der Waals surface area contributed by atoms with Gasteiger partial charge in [0.15, 0.2) is 0 Å². The first kappa shape index (κ1) is 35.7. The number of rotatable bonds is 10. The predicted octanol–water partition coefficient (Wildman–Crippen LogP) is 6.15. The van der Waals surface area contributed by atoms with Crippen molar-refractivity contribution in [1.29, 1.82) is 0 Å². The van der Waals surface area contributed by atoms with Crippen molar-refractivity contribution in [3.05, 3.63) is 102 Å². The van der Waals surface area contributed by atoms with E-state index in [9.17, 15) is 14.4 Å². The van der Waals surface area contributed by atoms with Gasteiger partial charge in [0.1, 0.15) is 23.4 Å². The number of benzene rings is 3. The van der Waals surface area contributed by atoms with Crippen molar-refractivity contribution in [2.24, 2.45) is 5.92 Å². The summed E-state index contributed by atoms with van der Waals surface area (Å²) in [6.45, 7) is 5.12. The lowest BCUT2D eigenvalue weighted by atomic mass is 10.0. The maximum atomic E-state index is 13.6. The van der Waals surface area contributed by atoms with E-state index in [0.29, 0.717) is 18.8 Å². The van der Waals surface area contributed by atoms with E-state index in [4.69, 9.17) is 14.7 Å². The van der Waals surface area contributed by atoms with Crippen molar-refractivity contribution in [2.75, 3.05) is 20.2 Å². The number of aromatic nitrogens is 7. The van der Waals surface area contributed by atoms with Gasteiger partial charge in [-0.15, -0.1) is 5.10 Å². The molecule has 2 aliphatic heterocycles. The maximum absolute atomic E-state index is 13.6. The van der Waals surface area contributed by atoms with Crippen LogP contribution in [0, 0.1) is 5.92 Å². The third-order valence-electron chi connectivity index (χ3n) is 10.7. The number of carbonyl (C=O) groups is 3. The molecule has 8 rings (SSSR count). The Kier molecular flexibility index (Phi) is 9.87. The highest BCUT2D eigenvalue weighted by atomic mass is 16.5. The van der Waals surface area contributed by atoms with Crippen LogP contribution >= 0.6 is 0 Å². The molecule has 0 unspecified atom stereocenters. The Morgan fingerprint density at radius 2 is 1.62 bits per heavy atom. The van der Waals surface area contributed by atoms with E-state index in [1.165, 1.54) is 7.11 Å². The number of H-pyrrole nitrogens is 2. The van der Waals surface area contributed by atoms with E-state index in [1.807, 2.05) is 104 Å². The number of hydrogen-bond acceptors (Lipinski definition) is 8. The van der Waals surface area contributed by atoms with Crippen LogP contribution in [-0.2, 0) is 20.7 Å². The van der Waals surface area contributed by atoms with Gasteiger partial charge in [0.2, 0.25) is 11.8 Å². The van der Waals surface area contributed by atoms with Crippen LogP contribution in [-0.4, -0.2) is 88.9 Å². The largest absolute Gasteiger partial charge is 0.453 e. The number of ether oxygens (including phenoxy) is 1. The number of hydrogen-bond donors (Lipinski definition) is 3. The summed E-state index contributed by atoms with van der Waals surface area (Å²) < 4.78 is 6.49. The van der Waals surface area contributed by atoms with Gasteiger partial charge in [-0.2, -0.15) is 0 Å². The number of aromatic amines is 2. The first-order chi connectivity index (χ1) is 26.7. The minimum Gasteiger partial charge on any atom is -0.453 e. The Morgan fingerprint density at radius 1 is 0.891 bits per heavy atom. The summed E-state index contributed by atoms with van der Waals surface area (Å²) >= 11 is 0. The Morgan fingerprint density at radius 3 is 2.36 bits per heavy atom. The fourth-order valence-corrected chi connectivity index (χ4v) is 7.73. The number of nitrogens with one attached hydrogen (secondary N) is 3. The van der Waals surface area contributed by atoms with E-state index >= 15 is 0 Å². The molecule has 0 aliphatic carbocycles. The molecule has 3 aromatic heterocycles. The standard InChI is InChI=1S/C41H44N10O4/c1-25(2)37(46-41(54)55-3)40(53)50-20-8-12-35(50)39-43-30-18-17-29(22-31(30)44-39)51-24-33(47-48-51)28-15-13-27(14-16-28)32-23-42-38(45-32)34-11-7-19-49(34)36(52)21-26-9-5-4-6-10-26/h4-6,9-10,13-18,22-25,34-35,37H,7-8,11-12,19-21H2,1-3H3,(H,42,45)(H,43,44)(H,46,54)/t34-,35-,37-/m0/s1. The second kappa shape index (κ2) is 15.2. The second-order valence-corrected chi connectivity index (χ2v) is 14.6. The van der Waals surface area contributed by atoms with Crippen molar-refractivity contribution in [2.45, 2.75) is 64.1 Å². The quantitative estimate of drug-likeness (QED) is 0.150. The lowest BCUT2D eigenvalue weighted by Gasteiger charge is -2.29. The number of imidazole rings is 2. The van der Waals surface area contributed by atoms with Crippen molar-refractivity contribution in [1.82, 2.24) is 50.0 Å². The Labute approximate surface area is 318 Å². The normalized spacial score (nSPS) is 17.6. The highest BCUT2D eigenvalue weighted by Gasteiger charge is 2.38. The number of nitrogens with zero attached hydrogens (tertiary/aromatic N) is 7. The molecule has 2 fully saturated rings. The summed E-state index contributed by atoms with van der Waals surface area (Å²) in [4.78, 5) is 59.0. The third kappa shape index (κ3) is 7.31. The van der Waals surface area contributed by atoms with E-state index < -0.39 is 12.1 Å². The average Bonchev–Trinajstić information content (AvgIpc) is 4.05. The molecule has 2 saturated heterocycles. The zero-order valence-corrected chi connectivity index (χ0v) is 31.1. The number of fused-ring (bicyclic) bond motifs is 1. The molecule has 55 heavy (non-hydrogen) atoms. The number of methoxy groups -OCH3 is 1. The average molecular weight is 741 g/mol. The van der Waals surface area contributed by atoms with Crippen molar-refractivity contribution in [3.63, 3.8) is 0 Å². The lowest BCUT2D eigenvalue weighted by Crippen LogP contribution is -2.51. The molecule has 0 spiro atoms. The SMILES string of the molecule is COC(=O)N[C@H](C(=O)N1CCC[C@H]1c1nc2ccc(-n3cc(-c4ccc(-c5cnc([C@@H]6CCCN6C(=O)Cc6ccccc6)[nH]5)cc4)nn3)cc2[nH]1)C(C)C. The second-order valence-electron chi connectivity index (χ2n) is 14.6. The van der Waals surface area contributed by atoms with E-state index in [-0.39, 0.29) is 29.8 Å². The van der Waals surface area contributed by atoms with Crippen molar-refractivity contribution in [3.8, 4) is 28.2 Å². The minimum atomic E-state index is -0.697. The van der Waals surface area contributed by atoms with E-state index in [1.54, 1.807) is 9.58 Å². The fraction of sp³-hybridized carbons (Fsp3) is 0.341. The fourth-order valence-electron chi connectivity index (χ4n) is 7.73. The molecule has 6 aromatic rings. The van der Waals surface area contributed by atoms with Crippen LogP contribution in [0.15, 0.2) is 85.2 Å². The summed E-state index contributed by atoms with van der Waals surface area (Å²) in [7, 11) is 1.29. The van der Waals surface area contributed by atoms with Gasteiger partial charge in [-0.25, -0.2) is 19.4 Å². The molecule has 5 heterocycles. The minimum absolute atomic E-state index is 0.0623. The van der Waals surface area contributed by atoms with Crippen LogP contribution in [0.5, 0.6) is 0 Å². The molecule has 3 aromatic carbocycles. The van der Waals surface area contributed by atoms with E-state index in [2.05, 4.69) is 25.6 Å². The number of amides is 3. The first-order valence-electron chi connectivity index (χ1n) is 18.8. The zero-order valence-electron chi connectivity index (χ0n) is 31.1. The molecular weight excluding hydrogens is 697 g/mol. The molecule has 0 bridgehead atoms. The van der Waals surface area contributed by atoms with Gasteiger partial charge in [0.05, 0.1) is 60.4 Å². The molecule has 2 aliphatic rings. The van der Waals surface area contributed by atoms with Gasteiger partial charge in [0.25, 0.3) is 0 Å². The highest BCUT2D eigenvalue weighted by molar-refractivity contribution is 5.87. The van der Waals surface area contributed by atoms with Gasteiger partial charge < -0.3 is 29.8 Å². The van der Waals surface area contributed by atoms with Crippen molar-refractivity contribution >= 4 is 28.9 Å². The molecule has 0 saturated carbocycles. The van der Waals surface area contributed by atoms with E-state index in [0.717, 1.165) is 82.9 Å². The third-order valence-corrected chi connectivity index (χ3v) is 10.7. The van der Waals surface area contributed by atoms with Gasteiger partial charge >= 0.3 is 6.09 Å². The van der Waals surface area contributed by atoms with Crippen LogP contribution in [0.1, 0.15) is 68.8 Å². The lowest BCUT2D eigenvalue weighted by molar-refractivity contribution is -0.135. The molecule has 3 amide bonds. The van der Waals surface area contributed by atoms with Crippen LogP contribution < -0.4 is 5.32 Å². The highest BCUT2D eigenvalue weighted by Crippen LogP contribution is 2.34. The predicted molar refractivity (Wildman–Crippen MR) is 206 cm³/mol. The molecule has 282 valence electrons. The molecule has 14 nitrogen and oxygen atoms in total. The van der Waals surface area contributed by atoms with Crippen LogP contribution in [0.4, 0.5) is 4.79 Å². The summed E-state index contributed by atoms with van der Waals surface area (Å²) in [6, 6.07) is 22.8.